The van der Waals surface area contributed by atoms with E-state index in [2.05, 4.69) is 20.5 Å². The number of carbonyl (C=O) groups is 5. The van der Waals surface area contributed by atoms with Crippen LogP contribution in [0.4, 0.5) is 5.69 Å². The van der Waals surface area contributed by atoms with Crippen molar-refractivity contribution in [2.75, 3.05) is 31.1 Å². The first-order valence-corrected chi connectivity index (χ1v) is 17.4. The number of carbonyl (C=O) groups excluding carboxylic acids is 5. The molecule has 4 aromatic rings. The molecule has 2 fully saturated rings. The second kappa shape index (κ2) is 13.9. The summed E-state index contributed by atoms with van der Waals surface area (Å²) in [7, 11) is 0. The van der Waals surface area contributed by atoms with Gasteiger partial charge in [-0.2, -0.15) is 0 Å². The number of nitrogens with zero attached hydrogens (tertiary/aromatic N) is 4. The van der Waals surface area contributed by atoms with Crippen LogP contribution in [0.3, 0.4) is 0 Å². The van der Waals surface area contributed by atoms with Gasteiger partial charge in [-0.3, -0.25) is 34.3 Å². The number of amides is 5. The van der Waals surface area contributed by atoms with Gasteiger partial charge in [-0.05, 0) is 78.9 Å². The topological polar surface area (TPSA) is 152 Å². The molecule has 0 bridgehead atoms. The second-order valence-corrected chi connectivity index (χ2v) is 13.4. The van der Waals surface area contributed by atoms with Crippen molar-refractivity contribution in [1.29, 1.82) is 0 Å². The van der Waals surface area contributed by atoms with Gasteiger partial charge in [0, 0.05) is 79.5 Å². The predicted molar refractivity (Wildman–Crippen MR) is 190 cm³/mol. The van der Waals surface area contributed by atoms with Gasteiger partial charge in [0.15, 0.2) is 0 Å². The van der Waals surface area contributed by atoms with E-state index in [-0.39, 0.29) is 35.8 Å². The van der Waals surface area contributed by atoms with Gasteiger partial charge in [-0.1, -0.05) is 25.1 Å². The largest absolute Gasteiger partial charge is 0.505 e. The first-order chi connectivity index (χ1) is 24.6. The van der Waals surface area contributed by atoms with Gasteiger partial charge in [0.05, 0.1) is 6.04 Å². The van der Waals surface area contributed by atoms with E-state index in [9.17, 15) is 29.1 Å². The van der Waals surface area contributed by atoms with E-state index >= 15 is 0 Å². The molecule has 5 amide bonds. The summed E-state index contributed by atoms with van der Waals surface area (Å²) < 4.78 is 0. The van der Waals surface area contributed by atoms with E-state index in [1.54, 1.807) is 35.4 Å². The molecule has 0 spiro atoms. The van der Waals surface area contributed by atoms with Crippen molar-refractivity contribution in [3.05, 3.63) is 100 Å². The maximum absolute atomic E-state index is 13.9. The minimum Gasteiger partial charge on any atom is -0.505 e. The molecule has 0 radical (unpaired) electrons. The van der Waals surface area contributed by atoms with Crippen molar-refractivity contribution < 1.29 is 29.1 Å². The van der Waals surface area contributed by atoms with Crippen molar-refractivity contribution in [2.45, 2.75) is 58.2 Å². The van der Waals surface area contributed by atoms with Crippen LogP contribution in [0.1, 0.15) is 81.6 Å². The fourth-order valence-corrected chi connectivity index (χ4v) is 7.41. The molecule has 2 unspecified atom stereocenters. The van der Waals surface area contributed by atoms with Gasteiger partial charge in [0.1, 0.15) is 17.3 Å². The highest BCUT2D eigenvalue weighted by Gasteiger charge is 2.39. The highest BCUT2D eigenvalue weighted by molar-refractivity contribution is 6.05. The number of piperidine rings is 1. The number of benzene rings is 3. The van der Waals surface area contributed by atoms with Crippen molar-refractivity contribution in [3.8, 4) is 5.75 Å². The molecule has 3 aliphatic rings. The number of phenolic OH excluding ortho intramolecular Hbond substituents is 1. The average Bonchev–Trinajstić information content (AvgIpc) is 3.47. The van der Waals surface area contributed by atoms with Crippen LogP contribution in [0.2, 0.25) is 0 Å². The number of aromatic nitrogens is 1. The molecule has 4 heterocycles. The minimum absolute atomic E-state index is 0.00884. The number of aromatic hydroxyl groups is 1. The maximum Gasteiger partial charge on any atom is 0.255 e. The molecule has 12 heteroatoms. The van der Waals surface area contributed by atoms with Crippen molar-refractivity contribution in [3.63, 3.8) is 0 Å². The lowest BCUT2D eigenvalue weighted by Crippen LogP contribution is -2.52. The number of pyridine rings is 1. The first-order valence-electron chi connectivity index (χ1n) is 17.4. The van der Waals surface area contributed by atoms with Crippen molar-refractivity contribution in [2.24, 2.45) is 0 Å². The summed E-state index contributed by atoms with van der Waals surface area (Å²) in [5, 5.41) is 17.6. The molecule has 51 heavy (non-hydrogen) atoms. The zero-order valence-electron chi connectivity index (χ0n) is 28.6. The Morgan fingerprint density at radius 2 is 1.82 bits per heavy atom. The Morgan fingerprint density at radius 3 is 2.59 bits per heavy atom. The molecule has 0 saturated carbocycles. The van der Waals surface area contributed by atoms with Crippen LogP contribution >= 0.6 is 0 Å². The highest BCUT2D eigenvalue weighted by atomic mass is 16.3. The lowest BCUT2D eigenvalue weighted by Gasteiger charge is -2.36. The number of imide groups is 1. The zero-order chi connectivity index (χ0) is 35.8. The molecule has 3 aromatic carbocycles. The quantitative estimate of drug-likeness (QED) is 0.235. The third-order valence-electron chi connectivity index (χ3n) is 10.1. The standard InChI is InChI=1S/C39H40N6O6/c1-3-6-32(46)41-34(30-19-23(2)28-9-5-14-40-35(28)36(30)48)24-7-4-8-25(20-24)38(50)44-17-15-43(16-18-44)27-10-11-29-26(21-27)22-45(39(29)51)31-12-13-33(47)42-37(31)49/h4-5,7-11,14,19-21,31,34,48H,3,6,12-13,15-18,22H2,1-2H3,(H,41,46)(H,42,47,49). The molecule has 1 aromatic heterocycles. The van der Waals surface area contributed by atoms with E-state index in [1.807, 2.05) is 55.1 Å². The summed E-state index contributed by atoms with van der Waals surface area (Å²) in [6.45, 7) is 6.30. The predicted octanol–water partition coefficient (Wildman–Crippen LogP) is 3.98. The molecule has 262 valence electrons. The molecule has 0 aliphatic carbocycles. The summed E-state index contributed by atoms with van der Waals surface area (Å²) in [5.41, 5.74) is 5.36. The van der Waals surface area contributed by atoms with Gasteiger partial charge in [0.25, 0.3) is 11.8 Å². The monoisotopic (exact) mass is 688 g/mol. The normalized spacial score (nSPS) is 18.1. The van der Waals surface area contributed by atoms with Gasteiger partial charge < -0.3 is 25.1 Å². The third kappa shape index (κ3) is 6.49. The van der Waals surface area contributed by atoms with Crippen LogP contribution in [0.25, 0.3) is 10.9 Å². The molecule has 2 atom stereocenters. The molecular weight excluding hydrogens is 648 g/mol. The molecular formula is C39H40N6O6. The summed E-state index contributed by atoms with van der Waals surface area (Å²) in [6, 6.07) is 17.1. The number of nitrogens with one attached hydrogen (secondary N) is 2. The SMILES string of the molecule is CCCC(=O)NC(c1cccc(C(=O)N2CCN(c3ccc4c(c3)CN(C3CCC(=O)NC3=O)C4=O)CC2)c1)c1cc(C)c2cccnc2c1O. The molecule has 3 N–H and O–H groups in total. The summed E-state index contributed by atoms with van der Waals surface area (Å²) in [4.78, 5) is 73.9. The lowest BCUT2D eigenvalue weighted by atomic mass is 9.92. The number of hydrogen-bond acceptors (Lipinski definition) is 8. The molecule has 2 saturated heterocycles. The molecule has 7 rings (SSSR count). The number of fused-ring (bicyclic) bond motifs is 2. The average molecular weight is 689 g/mol. The highest BCUT2D eigenvalue weighted by Crippen LogP contribution is 2.37. The number of aryl methyl sites for hydroxylation is 1. The summed E-state index contributed by atoms with van der Waals surface area (Å²) in [5.74, 6) is -1.26. The van der Waals surface area contributed by atoms with Gasteiger partial charge in [-0.25, -0.2) is 0 Å². The van der Waals surface area contributed by atoms with E-state index in [0.29, 0.717) is 79.8 Å². The van der Waals surface area contributed by atoms with Crippen molar-refractivity contribution in [1.82, 2.24) is 25.4 Å². The Balaban J connectivity index is 1.06. The Labute approximate surface area is 295 Å². The Bertz CT molecular complexity index is 2070. The third-order valence-corrected chi connectivity index (χ3v) is 10.1. The zero-order valence-corrected chi connectivity index (χ0v) is 28.6. The fraction of sp³-hybridized carbons (Fsp3) is 0.333. The maximum atomic E-state index is 13.9. The summed E-state index contributed by atoms with van der Waals surface area (Å²) >= 11 is 0. The van der Waals surface area contributed by atoms with Crippen LogP contribution in [0.15, 0.2) is 66.9 Å². The summed E-state index contributed by atoms with van der Waals surface area (Å²) in [6.07, 6.45) is 3.13. The Kier molecular flexibility index (Phi) is 9.15. The van der Waals surface area contributed by atoms with Crippen molar-refractivity contribution >= 4 is 46.1 Å². The van der Waals surface area contributed by atoms with Crippen LogP contribution in [-0.4, -0.2) is 81.6 Å². The Hall–Kier alpha value is -5.78. The fourth-order valence-electron chi connectivity index (χ4n) is 7.41. The number of anilines is 1. The first kappa shape index (κ1) is 33.7. The number of rotatable bonds is 8. The number of piperazine rings is 1. The number of hydrogen-bond donors (Lipinski definition) is 3. The van der Waals surface area contributed by atoms with Crippen LogP contribution < -0.4 is 15.5 Å². The van der Waals surface area contributed by atoms with E-state index < -0.39 is 18.0 Å². The van der Waals surface area contributed by atoms with Gasteiger partial charge >= 0.3 is 0 Å². The molecule has 3 aliphatic heterocycles. The molecule has 12 nitrogen and oxygen atoms in total. The van der Waals surface area contributed by atoms with Crippen LogP contribution in [0, 0.1) is 6.92 Å². The minimum atomic E-state index is -0.698. The van der Waals surface area contributed by atoms with Gasteiger partial charge in [0.2, 0.25) is 17.7 Å². The number of phenols is 1. The van der Waals surface area contributed by atoms with Crippen LogP contribution in [-0.2, 0) is 20.9 Å². The van der Waals surface area contributed by atoms with E-state index in [4.69, 9.17) is 0 Å². The van der Waals surface area contributed by atoms with Gasteiger partial charge in [-0.15, -0.1) is 0 Å². The van der Waals surface area contributed by atoms with E-state index in [1.165, 1.54) is 0 Å². The van der Waals surface area contributed by atoms with E-state index in [0.717, 1.165) is 22.2 Å². The Morgan fingerprint density at radius 1 is 1.02 bits per heavy atom. The van der Waals surface area contributed by atoms with Crippen LogP contribution in [0.5, 0.6) is 5.75 Å². The lowest BCUT2D eigenvalue weighted by molar-refractivity contribution is -0.137. The second-order valence-electron chi connectivity index (χ2n) is 13.4. The smallest absolute Gasteiger partial charge is 0.255 e.